The van der Waals surface area contributed by atoms with Crippen molar-refractivity contribution >= 4 is 33.3 Å². The minimum atomic E-state index is 0.0601. The fourth-order valence-electron chi connectivity index (χ4n) is 5.28. The molecule has 1 aliphatic heterocycles. The molecule has 7 nitrogen and oxygen atoms in total. The van der Waals surface area contributed by atoms with Crippen LogP contribution >= 0.6 is 15.9 Å². The molecule has 1 saturated heterocycles. The second-order valence-electron chi connectivity index (χ2n) is 9.99. The average molecular weight is 560 g/mol. The minimum Gasteiger partial charge on any atom is -0.497 e. The molecule has 1 atom stereocenters. The van der Waals surface area contributed by atoms with E-state index in [2.05, 4.69) is 56.7 Å². The van der Waals surface area contributed by atoms with Crippen LogP contribution in [0, 0.1) is 5.92 Å². The summed E-state index contributed by atoms with van der Waals surface area (Å²) in [5, 5.41) is 8.20. The van der Waals surface area contributed by atoms with Crippen LogP contribution in [0.15, 0.2) is 65.3 Å². The fraction of sp³-hybridized carbons (Fsp3) is 0.345. The number of likely N-dealkylation sites (tertiary alicyclic amines) is 1. The van der Waals surface area contributed by atoms with Gasteiger partial charge in [-0.05, 0) is 77.2 Å². The third-order valence-corrected chi connectivity index (χ3v) is 7.94. The molecule has 2 aromatic heterocycles. The number of halogens is 1. The SMILES string of the molecule is COc1cccc(C(=O)N2CCCC(CNc3cc(-c4ccccc4C4CC4)nc4c(Br)cnn34)C2)c1. The molecule has 1 N–H and O–H groups in total. The fourth-order valence-corrected chi connectivity index (χ4v) is 5.63. The lowest BCUT2D eigenvalue weighted by atomic mass is 9.97. The van der Waals surface area contributed by atoms with Crippen molar-refractivity contribution in [3.63, 3.8) is 0 Å². The predicted molar refractivity (Wildman–Crippen MR) is 148 cm³/mol. The van der Waals surface area contributed by atoms with Crippen LogP contribution in [-0.2, 0) is 0 Å². The first-order valence-electron chi connectivity index (χ1n) is 12.9. The molecule has 190 valence electrons. The number of ether oxygens (including phenoxy) is 1. The number of piperidine rings is 1. The molecule has 0 spiro atoms. The molecule has 2 fully saturated rings. The number of carbonyl (C=O) groups excluding carboxylic acids is 1. The van der Waals surface area contributed by atoms with Crippen molar-refractivity contribution in [1.82, 2.24) is 19.5 Å². The van der Waals surface area contributed by atoms with Crippen molar-refractivity contribution in [2.45, 2.75) is 31.6 Å². The van der Waals surface area contributed by atoms with Gasteiger partial charge in [0.1, 0.15) is 11.6 Å². The van der Waals surface area contributed by atoms with E-state index in [0.717, 1.165) is 54.1 Å². The maximum absolute atomic E-state index is 13.2. The van der Waals surface area contributed by atoms with Gasteiger partial charge in [0, 0.05) is 36.8 Å². The van der Waals surface area contributed by atoms with E-state index in [4.69, 9.17) is 9.72 Å². The zero-order valence-electron chi connectivity index (χ0n) is 20.9. The number of methoxy groups -OCH3 is 1. The van der Waals surface area contributed by atoms with E-state index in [0.29, 0.717) is 23.1 Å². The molecule has 2 aromatic carbocycles. The van der Waals surface area contributed by atoms with Crippen molar-refractivity contribution in [2.75, 3.05) is 32.1 Å². The highest BCUT2D eigenvalue weighted by molar-refractivity contribution is 9.10. The predicted octanol–water partition coefficient (Wildman–Crippen LogP) is 6.01. The Morgan fingerprint density at radius 2 is 2.00 bits per heavy atom. The molecule has 4 aromatic rings. The van der Waals surface area contributed by atoms with Crippen LogP contribution in [0.4, 0.5) is 5.82 Å². The Balaban J connectivity index is 1.22. The number of benzene rings is 2. The van der Waals surface area contributed by atoms with E-state index in [1.54, 1.807) is 13.3 Å². The molecular formula is C29H30BrN5O2. The molecule has 1 amide bonds. The Morgan fingerprint density at radius 1 is 1.14 bits per heavy atom. The first-order chi connectivity index (χ1) is 18.1. The Kier molecular flexibility index (Phi) is 6.59. The second-order valence-corrected chi connectivity index (χ2v) is 10.8. The molecule has 2 aliphatic rings. The summed E-state index contributed by atoms with van der Waals surface area (Å²) in [5.74, 6) is 2.65. The number of aromatic nitrogens is 3. The van der Waals surface area contributed by atoms with Gasteiger partial charge in [-0.25, -0.2) is 4.98 Å². The van der Waals surface area contributed by atoms with Gasteiger partial charge in [0.05, 0.1) is 23.5 Å². The number of hydrogen-bond acceptors (Lipinski definition) is 5. The van der Waals surface area contributed by atoms with Crippen LogP contribution in [0.25, 0.3) is 16.9 Å². The first-order valence-corrected chi connectivity index (χ1v) is 13.7. The molecular weight excluding hydrogens is 530 g/mol. The van der Waals surface area contributed by atoms with E-state index in [1.165, 1.54) is 24.0 Å². The lowest BCUT2D eigenvalue weighted by Crippen LogP contribution is -2.41. The monoisotopic (exact) mass is 559 g/mol. The lowest BCUT2D eigenvalue weighted by molar-refractivity contribution is 0.0680. The number of hydrogen-bond donors (Lipinski definition) is 1. The Morgan fingerprint density at radius 3 is 2.84 bits per heavy atom. The van der Waals surface area contributed by atoms with E-state index in [9.17, 15) is 4.79 Å². The number of nitrogens with one attached hydrogen (secondary N) is 1. The highest BCUT2D eigenvalue weighted by Gasteiger charge is 2.28. The van der Waals surface area contributed by atoms with Gasteiger partial charge >= 0.3 is 0 Å². The molecule has 8 heteroatoms. The number of fused-ring (bicyclic) bond motifs is 1. The van der Waals surface area contributed by atoms with Crippen LogP contribution in [0.5, 0.6) is 5.75 Å². The van der Waals surface area contributed by atoms with Crippen LogP contribution in [0.1, 0.15) is 47.5 Å². The molecule has 37 heavy (non-hydrogen) atoms. The Hall–Kier alpha value is -3.39. The van der Waals surface area contributed by atoms with Crippen molar-refractivity contribution in [3.8, 4) is 17.0 Å². The van der Waals surface area contributed by atoms with Gasteiger partial charge in [-0.2, -0.15) is 9.61 Å². The Labute approximate surface area is 225 Å². The summed E-state index contributed by atoms with van der Waals surface area (Å²) in [5.41, 5.74) is 4.99. The number of rotatable bonds is 7. The molecule has 6 rings (SSSR count). The molecule has 1 aliphatic carbocycles. The normalized spacial score (nSPS) is 17.7. The van der Waals surface area contributed by atoms with E-state index >= 15 is 0 Å². The summed E-state index contributed by atoms with van der Waals surface area (Å²) < 4.78 is 8.03. The van der Waals surface area contributed by atoms with Gasteiger partial charge in [-0.3, -0.25) is 4.79 Å². The maximum Gasteiger partial charge on any atom is 0.253 e. The van der Waals surface area contributed by atoms with E-state index in [-0.39, 0.29) is 5.91 Å². The molecule has 1 saturated carbocycles. The zero-order valence-corrected chi connectivity index (χ0v) is 22.4. The molecule has 1 unspecified atom stereocenters. The lowest BCUT2D eigenvalue weighted by Gasteiger charge is -2.33. The first kappa shape index (κ1) is 24.0. The largest absolute Gasteiger partial charge is 0.497 e. The van der Waals surface area contributed by atoms with Crippen LogP contribution < -0.4 is 10.1 Å². The summed E-state index contributed by atoms with van der Waals surface area (Å²) in [7, 11) is 1.62. The van der Waals surface area contributed by atoms with Crippen LogP contribution in [-0.4, -0.2) is 52.1 Å². The number of anilines is 1. The number of carbonyl (C=O) groups is 1. The van der Waals surface area contributed by atoms with Crippen LogP contribution in [0.2, 0.25) is 0 Å². The van der Waals surface area contributed by atoms with Gasteiger partial charge in [-0.15, -0.1) is 0 Å². The summed E-state index contributed by atoms with van der Waals surface area (Å²) in [6.07, 6.45) is 6.34. The summed E-state index contributed by atoms with van der Waals surface area (Å²) >= 11 is 3.62. The number of nitrogens with zero attached hydrogens (tertiary/aromatic N) is 4. The standard InChI is InChI=1S/C29H30BrN5O2/c1-37-22-8-4-7-21(14-22)29(36)34-13-5-6-19(18-34)16-31-27-15-26(33-28-25(30)17-32-35(27)28)24-10-3-2-9-23(24)20-11-12-20/h2-4,7-10,14-15,17,19-20,31H,5-6,11-13,16,18H2,1H3. The minimum absolute atomic E-state index is 0.0601. The van der Waals surface area contributed by atoms with Gasteiger partial charge < -0.3 is 15.0 Å². The number of amides is 1. The average Bonchev–Trinajstić information content (AvgIpc) is 3.73. The van der Waals surface area contributed by atoms with Gasteiger partial charge in [0.15, 0.2) is 5.65 Å². The quantitative estimate of drug-likeness (QED) is 0.300. The van der Waals surface area contributed by atoms with Crippen molar-refractivity contribution in [2.24, 2.45) is 5.92 Å². The highest BCUT2D eigenvalue weighted by atomic mass is 79.9. The van der Waals surface area contributed by atoms with Crippen molar-refractivity contribution in [3.05, 3.63) is 76.4 Å². The zero-order chi connectivity index (χ0) is 25.4. The Bertz CT molecular complexity index is 1450. The summed E-state index contributed by atoms with van der Waals surface area (Å²) in [6, 6.07) is 18.1. The van der Waals surface area contributed by atoms with E-state index in [1.807, 2.05) is 33.7 Å². The van der Waals surface area contributed by atoms with Gasteiger partial charge in [-0.1, -0.05) is 30.3 Å². The third-order valence-electron chi connectivity index (χ3n) is 7.38. The van der Waals surface area contributed by atoms with Crippen LogP contribution in [0.3, 0.4) is 0 Å². The topological polar surface area (TPSA) is 71.8 Å². The van der Waals surface area contributed by atoms with Gasteiger partial charge in [0.25, 0.3) is 5.91 Å². The smallest absolute Gasteiger partial charge is 0.253 e. The molecule has 3 heterocycles. The van der Waals surface area contributed by atoms with E-state index < -0.39 is 0 Å². The summed E-state index contributed by atoms with van der Waals surface area (Å²) in [6.45, 7) is 2.25. The highest BCUT2D eigenvalue weighted by Crippen LogP contribution is 2.44. The second kappa shape index (κ2) is 10.2. The molecule has 0 radical (unpaired) electrons. The van der Waals surface area contributed by atoms with Gasteiger partial charge in [0.2, 0.25) is 0 Å². The third kappa shape index (κ3) is 4.94. The van der Waals surface area contributed by atoms with Crippen molar-refractivity contribution in [1.29, 1.82) is 0 Å². The summed E-state index contributed by atoms with van der Waals surface area (Å²) in [4.78, 5) is 20.1. The van der Waals surface area contributed by atoms with Crippen molar-refractivity contribution < 1.29 is 9.53 Å². The molecule has 0 bridgehead atoms. The maximum atomic E-state index is 13.2.